The number of hydrogen-bond acceptors (Lipinski definition) is 2. The number of nitrogens with zero attached hydrogens (tertiary/aromatic N) is 1. The minimum Gasteiger partial charge on any atom is -0.369 e. The van der Waals surface area contributed by atoms with Crippen LogP contribution in [0.3, 0.4) is 0 Å². The zero-order valence-electron chi connectivity index (χ0n) is 13.6. The number of benzene rings is 2. The molecule has 0 aliphatic carbocycles. The highest BCUT2D eigenvalue weighted by molar-refractivity contribution is 9.10. The molecule has 2 aromatic carbocycles. The van der Waals surface area contributed by atoms with E-state index in [0.717, 1.165) is 22.4 Å². The average Bonchev–Trinajstić information content (AvgIpc) is 2.49. The Balaban J connectivity index is 1.99. The second-order valence-electron chi connectivity index (χ2n) is 5.52. The molecule has 0 bridgehead atoms. The van der Waals surface area contributed by atoms with Gasteiger partial charge in [0.2, 0.25) is 0 Å². The fourth-order valence-corrected chi connectivity index (χ4v) is 3.08. The molecule has 0 aromatic heterocycles. The second-order valence-corrected chi connectivity index (χ2v) is 6.84. The topological polar surface area (TPSA) is 27.3 Å². The van der Waals surface area contributed by atoms with Crippen molar-refractivity contribution in [2.45, 2.75) is 26.8 Å². The Morgan fingerprint density at radius 2 is 1.74 bits per heavy atom. The molecule has 23 heavy (non-hydrogen) atoms. The van der Waals surface area contributed by atoms with Crippen LogP contribution >= 0.6 is 28.1 Å². The molecule has 3 nitrogen and oxygen atoms in total. The van der Waals surface area contributed by atoms with E-state index in [2.05, 4.69) is 76.5 Å². The molecule has 0 unspecified atom stereocenters. The van der Waals surface area contributed by atoms with Crippen molar-refractivity contribution in [3.8, 4) is 0 Å². The molecule has 0 heterocycles. The molecule has 122 valence electrons. The lowest BCUT2D eigenvalue weighted by molar-refractivity contribution is 0.704. The Kier molecular flexibility index (Phi) is 6.42. The third kappa shape index (κ3) is 5.22. The zero-order valence-corrected chi connectivity index (χ0v) is 16.0. The van der Waals surface area contributed by atoms with Crippen LogP contribution in [-0.4, -0.2) is 17.7 Å². The van der Waals surface area contributed by atoms with Crippen molar-refractivity contribution in [1.29, 1.82) is 0 Å². The van der Waals surface area contributed by atoms with Crippen LogP contribution in [0, 0.1) is 0 Å². The highest BCUT2D eigenvalue weighted by Gasteiger charge is 2.08. The fraction of sp³-hybridized carbons (Fsp3) is 0.278. The SMILES string of the molecule is CCN(c1ccc(NC(=S)Nc2cccc(Br)c2)cc1)C(C)C. The molecule has 5 heteroatoms. The predicted octanol–water partition coefficient (Wildman–Crippen LogP) is 5.49. The van der Waals surface area contributed by atoms with Gasteiger partial charge in [-0.15, -0.1) is 0 Å². The Bertz CT molecular complexity index is 656. The van der Waals surface area contributed by atoms with E-state index in [9.17, 15) is 0 Å². The predicted molar refractivity (Wildman–Crippen MR) is 109 cm³/mol. The van der Waals surface area contributed by atoms with Crippen molar-refractivity contribution < 1.29 is 0 Å². The van der Waals surface area contributed by atoms with Gasteiger partial charge in [0.15, 0.2) is 5.11 Å². The Hall–Kier alpha value is -1.59. The number of nitrogens with one attached hydrogen (secondary N) is 2. The van der Waals surface area contributed by atoms with Gasteiger partial charge in [0.1, 0.15) is 0 Å². The zero-order chi connectivity index (χ0) is 16.8. The largest absolute Gasteiger partial charge is 0.369 e. The summed E-state index contributed by atoms with van der Waals surface area (Å²) in [5, 5.41) is 6.96. The molecule has 0 saturated carbocycles. The Morgan fingerprint density at radius 3 is 2.30 bits per heavy atom. The summed E-state index contributed by atoms with van der Waals surface area (Å²) in [5.41, 5.74) is 3.14. The molecule has 0 fully saturated rings. The van der Waals surface area contributed by atoms with Crippen LogP contribution in [0.4, 0.5) is 17.1 Å². The van der Waals surface area contributed by atoms with Crippen molar-refractivity contribution in [1.82, 2.24) is 0 Å². The minimum atomic E-state index is 0.484. The molecule has 2 rings (SSSR count). The number of thiocarbonyl (C=S) groups is 1. The fourth-order valence-electron chi connectivity index (χ4n) is 2.44. The first-order chi connectivity index (χ1) is 11.0. The Morgan fingerprint density at radius 1 is 1.09 bits per heavy atom. The quantitative estimate of drug-likeness (QED) is 0.658. The summed E-state index contributed by atoms with van der Waals surface area (Å²) in [5.74, 6) is 0. The van der Waals surface area contributed by atoms with Crippen molar-refractivity contribution in [2.75, 3.05) is 22.1 Å². The first-order valence-corrected chi connectivity index (χ1v) is 8.90. The standard InChI is InChI=1S/C18H22BrN3S/c1-4-22(13(2)3)17-10-8-15(9-11-17)20-18(23)21-16-7-5-6-14(19)12-16/h5-13H,4H2,1-3H3,(H2,20,21,23). The van der Waals surface area contributed by atoms with Gasteiger partial charge in [-0.05, 0) is 75.5 Å². The number of halogens is 1. The summed E-state index contributed by atoms with van der Waals surface area (Å²) in [6.07, 6.45) is 0. The van der Waals surface area contributed by atoms with Gasteiger partial charge in [0.05, 0.1) is 0 Å². The van der Waals surface area contributed by atoms with E-state index >= 15 is 0 Å². The van der Waals surface area contributed by atoms with Crippen LogP contribution in [0.5, 0.6) is 0 Å². The summed E-state index contributed by atoms with van der Waals surface area (Å²) in [7, 11) is 0. The summed E-state index contributed by atoms with van der Waals surface area (Å²) in [4.78, 5) is 2.35. The van der Waals surface area contributed by atoms with E-state index in [-0.39, 0.29) is 0 Å². The van der Waals surface area contributed by atoms with Crippen LogP contribution in [0.1, 0.15) is 20.8 Å². The van der Waals surface area contributed by atoms with Gasteiger partial charge in [-0.2, -0.15) is 0 Å². The van der Waals surface area contributed by atoms with E-state index in [0.29, 0.717) is 11.2 Å². The summed E-state index contributed by atoms with van der Waals surface area (Å²) in [6.45, 7) is 7.57. The maximum Gasteiger partial charge on any atom is 0.175 e. The number of hydrogen-bond donors (Lipinski definition) is 2. The van der Waals surface area contributed by atoms with Crippen LogP contribution < -0.4 is 15.5 Å². The lowest BCUT2D eigenvalue weighted by atomic mass is 10.2. The van der Waals surface area contributed by atoms with E-state index in [4.69, 9.17) is 12.2 Å². The lowest BCUT2D eigenvalue weighted by Gasteiger charge is -2.27. The van der Waals surface area contributed by atoms with Gasteiger partial charge in [-0.25, -0.2) is 0 Å². The molecule has 0 spiro atoms. The van der Waals surface area contributed by atoms with E-state index in [1.807, 2.05) is 24.3 Å². The maximum atomic E-state index is 5.36. The van der Waals surface area contributed by atoms with E-state index < -0.39 is 0 Å². The van der Waals surface area contributed by atoms with Gasteiger partial charge in [-0.1, -0.05) is 22.0 Å². The van der Waals surface area contributed by atoms with Gasteiger partial charge >= 0.3 is 0 Å². The summed E-state index contributed by atoms with van der Waals surface area (Å²) in [6, 6.07) is 16.7. The van der Waals surface area contributed by atoms with Crippen molar-refractivity contribution in [3.05, 3.63) is 53.0 Å². The minimum absolute atomic E-state index is 0.484. The normalized spacial score (nSPS) is 10.5. The van der Waals surface area contributed by atoms with E-state index in [1.54, 1.807) is 0 Å². The van der Waals surface area contributed by atoms with Crippen LogP contribution in [0.2, 0.25) is 0 Å². The number of anilines is 3. The van der Waals surface area contributed by atoms with Crippen LogP contribution in [0.15, 0.2) is 53.0 Å². The lowest BCUT2D eigenvalue weighted by Crippen LogP contribution is -2.30. The third-order valence-electron chi connectivity index (χ3n) is 3.50. The van der Waals surface area contributed by atoms with Crippen LogP contribution in [-0.2, 0) is 0 Å². The first kappa shape index (κ1) is 17.8. The average molecular weight is 392 g/mol. The molecule has 2 aromatic rings. The van der Waals surface area contributed by atoms with E-state index in [1.165, 1.54) is 5.69 Å². The molecule has 0 radical (unpaired) electrons. The maximum absolute atomic E-state index is 5.36. The molecule has 0 aliphatic heterocycles. The molecule has 2 N–H and O–H groups in total. The second kappa shape index (κ2) is 8.31. The summed E-state index contributed by atoms with van der Waals surface area (Å²) < 4.78 is 1.02. The monoisotopic (exact) mass is 391 g/mol. The molecule has 0 atom stereocenters. The van der Waals surface area contributed by atoms with Crippen molar-refractivity contribution in [3.63, 3.8) is 0 Å². The van der Waals surface area contributed by atoms with Gasteiger partial charge in [-0.3, -0.25) is 0 Å². The van der Waals surface area contributed by atoms with Crippen LogP contribution in [0.25, 0.3) is 0 Å². The molecule has 0 saturated heterocycles. The molecule has 0 amide bonds. The van der Waals surface area contributed by atoms with Gasteiger partial charge in [0.25, 0.3) is 0 Å². The highest BCUT2D eigenvalue weighted by atomic mass is 79.9. The number of rotatable bonds is 5. The third-order valence-corrected chi connectivity index (χ3v) is 4.20. The molecular weight excluding hydrogens is 370 g/mol. The summed E-state index contributed by atoms with van der Waals surface area (Å²) >= 11 is 8.81. The Labute approximate surface area is 152 Å². The smallest absolute Gasteiger partial charge is 0.175 e. The van der Waals surface area contributed by atoms with Gasteiger partial charge < -0.3 is 15.5 Å². The van der Waals surface area contributed by atoms with Gasteiger partial charge in [0, 0.05) is 34.1 Å². The molecule has 0 aliphatic rings. The first-order valence-electron chi connectivity index (χ1n) is 7.70. The highest BCUT2D eigenvalue weighted by Crippen LogP contribution is 2.20. The molecular formula is C18H22BrN3S. The van der Waals surface area contributed by atoms with Crippen molar-refractivity contribution >= 4 is 50.3 Å². The van der Waals surface area contributed by atoms with Crippen molar-refractivity contribution in [2.24, 2.45) is 0 Å².